The Labute approximate surface area is 136 Å². The fourth-order valence-corrected chi connectivity index (χ4v) is 2.98. The first-order valence-corrected chi connectivity index (χ1v) is 7.85. The minimum absolute atomic E-state index is 0.382. The van der Waals surface area contributed by atoms with Gasteiger partial charge in [0.1, 0.15) is 0 Å². The van der Waals surface area contributed by atoms with Crippen molar-refractivity contribution in [1.29, 1.82) is 0 Å². The van der Waals surface area contributed by atoms with Crippen LogP contribution in [0, 0.1) is 0 Å². The molecule has 1 aromatic carbocycles. The van der Waals surface area contributed by atoms with Crippen molar-refractivity contribution >= 4 is 32.9 Å². The zero-order chi connectivity index (χ0) is 15.5. The number of hydrogen-bond donors (Lipinski definition) is 0. The number of esters is 1. The highest BCUT2D eigenvalue weighted by Crippen LogP contribution is 2.31. The molecule has 0 spiro atoms. The molecular formula is C17H13BrN2O2. The van der Waals surface area contributed by atoms with Gasteiger partial charge >= 0.3 is 5.97 Å². The number of nitrogens with zero attached hydrogens (tertiary/aromatic N) is 2. The topological polar surface area (TPSA) is 52.1 Å². The van der Waals surface area contributed by atoms with E-state index in [2.05, 4.69) is 25.9 Å². The smallest absolute Gasteiger partial charge is 0.338 e. The van der Waals surface area contributed by atoms with Crippen LogP contribution in [-0.2, 0) is 10.1 Å². The number of aromatic nitrogens is 2. The summed E-state index contributed by atoms with van der Waals surface area (Å²) in [6.07, 6.45) is 1.67. The summed E-state index contributed by atoms with van der Waals surface area (Å²) in [6, 6.07) is 13.4. The molecule has 0 N–H and O–H groups in total. The van der Waals surface area contributed by atoms with Crippen LogP contribution in [0.15, 0.2) is 48.7 Å². The average molecular weight is 357 g/mol. The molecule has 2 aromatic heterocycles. The SMILES string of the molecule is COC(=O)c1c(CBr)c(-c2ccccc2)nc2ncccc12. The molecule has 0 radical (unpaired) electrons. The van der Waals surface area contributed by atoms with E-state index in [1.807, 2.05) is 36.4 Å². The van der Waals surface area contributed by atoms with Crippen molar-refractivity contribution in [3.63, 3.8) is 0 Å². The van der Waals surface area contributed by atoms with Crippen LogP contribution in [0.1, 0.15) is 15.9 Å². The van der Waals surface area contributed by atoms with Gasteiger partial charge < -0.3 is 4.74 Å². The predicted molar refractivity (Wildman–Crippen MR) is 88.9 cm³/mol. The molecule has 0 saturated heterocycles. The van der Waals surface area contributed by atoms with E-state index in [4.69, 9.17) is 4.74 Å². The van der Waals surface area contributed by atoms with Gasteiger partial charge in [-0.05, 0) is 12.1 Å². The maximum atomic E-state index is 12.3. The van der Waals surface area contributed by atoms with Crippen LogP contribution in [0.5, 0.6) is 0 Å². The number of alkyl halides is 1. The highest BCUT2D eigenvalue weighted by molar-refractivity contribution is 9.08. The number of benzene rings is 1. The van der Waals surface area contributed by atoms with Gasteiger partial charge in [0.05, 0.1) is 18.4 Å². The van der Waals surface area contributed by atoms with E-state index in [0.717, 1.165) is 16.8 Å². The fourth-order valence-electron chi connectivity index (χ4n) is 2.44. The first-order valence-electron chi connectivity index (χ1n) is 6.73. The van der Waals surface area contributed by atoms with Gasteiger partial charge in [-0.1, -0.05) is 46.3 Å². The summed E-state index contributed by atoms with van der Waals surface area (Å²) in [4.78, 5) is 21.2. The monoisotopic (exact) mass is 356 g/mol. The van der Waals surface area contributed by atoms with Crippen LogP contribution < -0.4 is 0 Å². The molecule has 0 aliphatic heterocycles. The van der Waals surface area contributed by atoms with Gasteiger partial charge in [-0.25, -0.2) is 14.8 Å². The Morgan fingerprint density at radius 1 is 1.18 bits per heavy atom. The quantitative estimate of drug-likeness (QED) is 0.526. The summed E-state index contributed by atoms with van der Waals surface area (Å²) >= 11 is 3.47. The van der Waals surface area contributed by atoms with Gasteiger partial charge in [0.15, 0.2) is 5.65 Å². The Hall–Kier alpha value is -2.27. The summed E-state index contributed by atoms with van der Waals surface area (Å²) in [5, 5.41) is 1.20. The van der Waals surface area contributed by atoms with Crippen molar-refractivity contribution in [2.45, 2.75) is 5.33 Å². The molecule has 3 aromatic rings. The van der Waals surface area contributed by atoms with E-state index in [1.54, 1.807) is 12.3 Å². The molecule has 0 saturated carbocycles. The maximum Gasteiger partial charge on any atom is 0.338 e. The van der Waals surface area contributed by atoms with Crippen molar-refractivity contribution in [3.8, 4) is 11.3 Å². The molecule has 22 heavy (non-hydrogen) atoms. The highest BCUT2D eigenvalue weighted by atomic mass is 79.9. The lowest BCUT2D eigenvalue weighted by Gasteiger charge is -2.14. The highest BCUT2D eigenvalue weighted by Gasteiger charge is 2.21. The zero-order valence-electron chi connectivity index (χ0n) is 11.9. The molecule has 0 aliphatic carbocycles. The molecule has 0 atom stereocenters. The van der Waals surface area contributed by atoms with Gasteiger partial charge in [0, 0.05) is 28.0 Å². The Morgan fingerprint density at radius 2 is 1.95 bits per heavy atom. The van der Waals surface area contributed by atoms with E-state index in [-0.39, 0.29) is 5.97 Å². The number of methoxy groups -OCH3 is 1. The summed E-state index contributed by atoms with van der Waals surface area (Å²) in [5.41, 5.74) is 3.53. The summed E-state index contributed by atoms with van der Waals surface area (Å²) in [7, 11) is 1.38. The van der Waals surface area contributed by atoms with Gasteiger partial charge in [-0.2, -0.15) is 0 Å². The summed E-state index contributed by atoms with van der Waals surface area (Å²) < 4.78 is 4.96. The lowest BCUT2D eigenvalue weighted by molar-refractivity contribution is 0.0602. The van der Waals surface area contributed by atoms with Crippen LogP contribution in [-0.4, -0.2) is 23.0 Å². The molecule has 0 fully saturated rings. The lowest BCUT2D eigenvalue weighted by Crippen LogP contribution is -2.09. The van der Waals surface area contributed by atoms with Crippen LogP contribution >= 0.6 is 15.9 Å². The van der Waals surface area contributed by atoms with Crippen LogP contribution in [0.4, 0.5) is 0 Å². The molecule has 0 unspecified atom stereocenters. The van der Waals surface area contributed by atoms with E-state index in [9.17, 15) is 4.79 Å². The van der Waals surface area contributed by atoms with Crippen molar-refractivity contribution in [2.75, 3.05) is 7.11 Å². The molecule has 0 aliphatic rings. The van der Waals surface area contributed by atoms with Crippen molar-refractivity contribution in [1.82, 2.24) is 9.97 Å². The maximum absolute atomic E-state index is 12.3. The third-order valence-electron chi connectivity index (χ3n) is 3.43. The number of pyridine rings is 2. The Morgan fingerprint density at radius 3 is 2.64 bits per heavy atom. The molecule has 5 heteroatoms. The number of hydrogen-bond acceptors (Lipinski definition) is 4. The number of fused-ring (bicyclic) bond motifs is 1. The standard InChI is InChI=1S/C17H13BrN2O2/c1-22-17(21)14-12-8-5-9-19-16(12)20-15(13(14)10-18)11-6-3-2-4-7-11/h2-9H,10H2,1H3. The van der Waals surface area contributed by atoms with Gasteiger partial charge in [-0.3, -0.25) is 0 Å². The van der Waals surface area contributed by atoms with E-state index >= 15 is 0 Å². The largest absolute Gasteiger partial charge is 0.465 e. The Bertz CT molecular complexity index is 835. The molecule has 2 heterocycles. The molecule has 4 nitrogen and oxygen atoms in total. The van der Waals surface area contributed by atoms with Crippen LogP contribution in [0.25, 0.3) is 22.3 Å². The minimum Gasteiger partial charge on any atom is -0.465 e. The number of carbonyl (C=O) groups is 1. The van der Waals surface area contributed by atoms with Gasteiger partial charge in [0.2, 0.25) is 0 Å². The van der Waals surface area contributed by atoms with E-state index in [0.29, 0.717) is 21.9 Å². The second kappa shape index (κ2) is 6.23. The Balaban J connectivity index is 2.41. The lowest BCUT2D eigenvalue weighted by atomic mass is 9.99. The fraction of sp³-hybridized carbons (Fsp3) is 0.118. The van der Waals surface area contributed by atoms with Crippen LogP contribution in [0.2, 0.25) is 0 Å². The second-order valence-electron chi connectivity index (χ2n) is 4.68. The second-order valence-corrected chi connectivity index (χ2v) is 5.24. The molecule has 3 rings (SSSR count). The number of carbonyl (C=O) groups excluding carboxylic acids is 1. The number of ether oxygens (including phenoxy) is 1. The van der Waals surface area contributed by atoms with E-state index < -0.39 is 0 Å². The first-order chi connectivity index (χ1) is 10.8. The number of halogens is 1. The zero-order valence-corrected chi connectivity index (χ0v) is 13.5. The average Bonchev–Trinajstić information content (AvgIpc) is 2.60. The van der Waals surface area contributed by atoms with Crippen molar-refractivity contribution in [2.24, 2.45) is 0 Å². The molecule has 0 bridgehead atoms. The molecule has 0 amide bonds. The van der Waals surface area contributed by atoms with E-state index in [1.165, 1.54) is 7.11 Å². The van der Waals surface area contributed by atoms with Crippen molar-refractivity contribution in [3.05, 3.63) is 59.8 Å². The van der Waals surface area contributed by atoms with Crippen LogP contribution in [0.3, 0.4) is 0 Å². The third kappa shape index (κ3) is 2.48. The first kappa shape index (κ1) is 14.7. The van der Waals surface area contributed by atoms with Gasteiger partial charge in [0.25, 0.3) is 0 Å². The number of rotatable bonds is 3. The third-order valence-corrected chi connectivity index (χ3v) is 3.99. The summed E-state index contributed by atoms with van der Waals surface area (Å²) in [5.74, 6) is -0.382. The molecular weight excluding hydrogens is 344 g/mol. The normalized spacial score (nSPS) is 10.6. The molecule has 110 valence electrons. The summed E-state index contributed by atoms with van der Waals surface area (Å²) in [6.45, 7) is 0. The van der Waals surface area contributed by atoms with Gasteiger partial charge in [-0.15, -0.1) is 0 Å². The predicted octanol–water partition coefficient (Wildman–Crippen LogP) is 3.98. The van der Waals surface area contributed by atoms with Crippen molar-refractivity contribution < 1.29 is 9.53 Å². The Kier molecular flexibility index (Phi) is 4.15. The minimum atomic E-state index is -0.382.